The summed E-state index contributed by atoms with van der Waals surface area (Å²) in [6.07, 6.45) is 12.5. The minimum absolute atomic E-state index is 0.369. The van der Waals surface area contributed by atoms with Crippen molar-refractivity contribution in [2.75, 3.05) is 0 Å². The van der Waals surface area contributed by atoms with Crippen LogP contribution in [0.3, 0.4) is 0 Å². The molecule has 0 unspecified atom stereocenters. The smallest absolute Gasteiger partial charge is 0.0600 e. The monoisotopic (exact) mass is 342 g/mol. The standard InChI is InChI=1S/C21H34N4/c1-13(24-22)17-6-7-18-16-5-4-14-12-15(25-23)8-10-20(14,2)19(16)9-11-21(17,18)3/h12,16-19H,4-11,22-23H2,1-3H3/b24-13-,25-15+/t16-,17-,18-,19-,20-,21-/m1/s1. The van der Waals surface area contributed by atoms with Crippen molar-refractivity contribution < 1.29 is 0 Å². The van der Waals surface area contributed by atoms with E-state index in [-0.39, 0.29) is 0 Å². The summed E-state index contributed by atoms with van der Waals surface area (Å²) < 4.78 is 0. The zero-order valence-corrected chi connectivity index (χ0v) is 16.1. The number of hydrogen-bond donors (Lipinski definition) is 2. The zero-order valence-electron chi connectivity index (χ0n) is 16.1. The molecule has 3 saturated carbocycles. The summed E-state index contributed by atoms with van der Waals surface area (Å²) in [6.45, 7) is 7.21. The summed E-state index contributed by atoms with van der Waals surface area (Å²) in [7, 11) is 0. The highest BCUT2D eigenvalue weighted by Gasteiger charge is 2.59. The minimum Gasteiger partial charge on any atom is -0.323 e. The molecule has 0 aromatic carbocycles. The maximum Gasteiger partial charge on any atom is 0.0600 e. The van der Waals surface area contributed by atoms with Crippen molar-refractivity contribution in [2.45, 2.75) is 72.1 Å². The van der Waals surface area contributed by atoms with Gasteiger partial charge in [0.1, 0.15) is 0 Å². The Labute approximate surface area is 152 Å². The first-order valence-electron chi connectivity index (χ1n) is 10.2. The van der Waals surface area contributed by atoms with Gasteiger partial charge in [0.05, 0.1) is 5.71 Å². The first-order chi connectivity index (χ1) is 11.9. The summed E-state index contributed by atoms with van der Waals surface area (Å²) >= 11 is 0. The molecular formula is C21H34N4. The third-order valence-corrected chi connectivity index (χ3v) is 8.85. The van der Waals surface area contributed by atoms with Crippen LogP contribution in [0.4, 0.5) is 0 Å². The Morgan fingerprint density at radius 3 is 2.56 bits per heavy atom. The van der Waals surface area contributed by atoms with E-state index in [1.54, 1.807) is 5.57 Å². The highest BCUT2D eigenvalue weighted by molar-refractivity contribution is 5.96. The number of hydrogen-bond acceptors (Lipinski definition) is 4. The van der Waals surface area contributed by atoms with E-state index in [2.05, 4.69) is 37.1 Å². The Kier molecular flexibility index (Phi) is 4.01. The Bertz CT molecular complexity index is 648. The quantitative estimate of drug-likeness (QED) is 0.425. The average Bonchev–Trinajstić information content (AvgIpc) is 2.97. The second kappa shape index (κ2) is 5.85. The van der Waals surface area contributed by atoms with Crippen molar-refractivity contribution in [1.82, 2.24) is 0 Å². The fourth-order valence-corrected chi connectivity index (χ4v) is 7.45. The summed E-state index contributed by atoms with van der Waals surface area (Å²) in [4.78, 5) is 0. The summed E-state index contributed by atoms with van der Waals surface area (Å²) in [5.41, 5.74) is 4.68. The van der Waals surface area contributed by atoms with E-state index in [1.807, 2.05) is 0 Å². The fourth-order valence-electron chi connectivity index (χ4n) is 7.45. The van der Waals surface area contributed by atoms with Gasteiger partial charge >= 0.3 is 0 Å². The number of allylic oxidation sites excluding steroid dienone is 2. The van der Waals surface area contributed by atoms with Gasteiger partial charge < -0.3 is 11.7 Å². The molecule has 0 spiro atoms. The number of nitrogens with zero attached hydrogens (tertiary/aromatic N) is 2. The molecule has 3 fully saturated rings. The second-order valence-electron chi connectivity index (χ2n) is 9.57. The molecule has 0 bridgehead atoms. The van der Waals surface area contributed by atoms with Crippen LogP contribution in [0, 0.1) is 34.5 Å². The molecule has 4 rings (SSSR count). The van der Waals surface area contributed by atoms with Crippen LogP contribution in [0.2, 0.25) is 0 Å². The van der Waals surface area contributed by atoms with Crippen molar-refractivity contribution in [3.8, 4) is 0 Å². The molecule has 4 heteroatoms. The van der Waals surface area contributed by atoms with E-state index < -0.39 is 0 Å². The zero-order chi connectivity index (χ0) is 17.8. The molecule has 4 nitrogen and oxygen atoms in total. The SMILES string of the molecule is C/C(=N/N)[C@H]1CC[C@@H]2[C@H]3CCC4=C/C(=N/N)CC[C@@]4(C)[C@@H]3CC[C@]12C. The third kappa shape index (κ3) is 2.32. The van der Waals surface area contributed by atoms with Gasteiger partial charge in [-0.3, -0.25) is 0 Å². The number of nitrogens with two attached hydrogens (primary N) is 2. The number of hydrazone groups is 2. The van der Waals surface area contributed by atoms with Crippen LogP contribution in [0.5, 0.6) is 0 Å². The lowest BCUT2D eigenvalue weighted by atomic mass is 9.46. The van der Waals surface area contributed by atoms with Gasteiger partial charge in [-0.25, -0.2) is 0 Å². The van der Waals surface area contributed by atoms with Crippen LogP contribution in [-0.4, -0.2) is 11.4 Å². The molecule has 0 radical (unpaired) electrons. The van der Waals surface area contributed by atoms with Gasteiger partial charge in [0.2, 0.25) is 0 Å². The molecule has 4 aliphatic rings. The molecule has 4 N–H and O–H groups in total. The largest absolute Gasteiger partial charge is 0.323 e. The van der Waals surface area contributed by atoms with E-state index in [4.69, 9.17) is 11.7 Å². The summed E-state index contributed by atoms with van der Waals surface area (Å²) in [6, 6.07) is 0. The topological polar surface area (TPSA) is 76.8 Å². The molecule has 0 aromatic heterocycles. The Hall–Kier alpha value is -1.32. The van der Waals surface area contributed by atoms with Gasteiger partial charge in [-0.2, -0.15) is 10.2 Å². The van der Waals surface area contributed by atoms with Gasteiger partial charge in [-0.15, -0.1) is 0 Å². The normalized spacial score (nSPS) is 48.5. The predicted molar refractivity (Wildman–Crippen MR) is 104 cm³/mol. The molecule has 0 saturated heterocycles. The molecule has 6 atom stereocenters. The van der Waals surface area contributed by atoms with E-state index >= 15 is 0 Å². The fraction of sp³-hybridized carbons (Fsp3) is 0.810. The van der Waals surface area contributed by atoms with Gasteiger partial charge in [0, 0.05) is 11.6 Å². The van der Waals surface area contributed by atoms with Crippen LogP contribution in [-0.2, 0) is 0 Å². The van der Waals surface area contributed by atoms with Crippen LogP contribution in [0.25, 0.3) is 0 Å². The first kappa shape index (κ1) is 17.1. The highest BCUT2D eigenvalue weighted by atomic mass is 15.1. The maximum absolute atomic E-state index is 5.66. The first-order valence-corrected chi connectivity index (χ1v) is 10.2. The van der Waals surface area contributed by atoms with Gasteiger partial charge in [0.15, 0.2) is 0 Å². The Balaban J connectivity index is 1.65. The Morgan fingerprint density at radius 1 is 1.04 bits per heavy atom. The van der Waals surface area contributed by atoms with Gasteiger partial charge in [-0.05, 0) is 93.0 Å². The molecular weight excluding hydrogens is 308 g/mol. The Morgan fingerprint density at radius 2 is 1.84 bits per heavy atom. The number of rotatable bonds is 1. The molecule has 0 amide bonds. The van der Waals surface area contributed by atoms with Crippen molar-refractivity contribution in [2.24, 2.45) is 56.4 Å². The van der Waals surface area contributed by atoms with Crippen molar-refractivity contribution >= 4 is 11.4 Å². The van der Waals surface area contributed by atoms with E-state index in [0.29, 0.717) is 16.7 Å². The lowest BCUT2D eigenvalue weighted by Gasteiger charge is -2.58. The van der Waals surface area contributed by atoms with Crippen LogP contribution in [0.1, 0.15) is 72.1 Å². The van der Waals surface area contributed by atoms with Crippen LogP contribution in [0.15, 0.2) is 21.9 Å². The van der Waals surface area contributed by atoms with E-state index in [1.165, 1.54) is 50.7 Å². The molecule has 25 heavy (non-hydrogen) atoms. The summed E-state index contributed by atoms with van der Waals surface area (Å²) in [5, 5.41) is 8.08. The van der Waals surface area contributed by atoms with E-state index in [0.717, 1.165) is 29.9 Å². The van der Waals surface area contributed by atoms with Crippen molar-refractivity contribution in [3.63, 3.8) is 0 Å². The molecule has 0 aliphatic heterocycles. The van der Waals surface area contributed by atoms with E-state index in [9.17, 15) is 0 Å². The molecule has 4 aliphatic carbocycles. The molecule has 138 valence electrons. The lowest BCUT2D eigenvalue weighted by Crippen LogP contribution is -2.51. The number of fused-ring (bicyclic) bond motifs is 5. The van der Waals surface area contributed by atoms with Crippen LogP contribution >= 0.6 is 0 Å². The average molecular weight is 343 g/mol. The summed E-state index contributed by atoms with van der Waals surface area (Å²) in [5.74, 6) is 14.4. The third-order valence-electron chi connectivity index (χ3n) is 8.85. The van der Waals surface area contributed by atoms with Gasteiger partial charge in [0.25, 0.3) is 0 Å². The van der Waals surface area contributed by atoms with Crippen molar-refractivity contribution in [3.05, 3.63) is 11.6 Å². The predicted octanol–water partition coefficient (Wildman–Crippen LogP) is 4.21. The second-order valence-corrected chi connectivity index (χ2v) is 9.57. The van der Waals surface area contributed by atoms with Gasteiger partial charge in [-0.1, -0.05) is 19.4 Å². The van der Waals surface area contributed by atoms with Crippen molar-refractivity contribution in [1.29, 1.82) is 0 Å². The van der Waals surface area contributed by atoms with Crippen LogP contribution < -0.4 is 11.7 Å². The highest BCUT2D eigenvalue weighted by Crippen LogP contribution is 2.66. The minimum atomic E-state index is 0.369. The molecule has 0 heterocycles. The maximum atomic E-state index is 5.66. The lowest BCUT2D eigenvalue weighted by molar-refractivity contribution is -0.0407. The molecule has 0 aromatic rings.